The minimum absolute atomic E-state index is 0.142. The predicted molar refractivity (Wildman–Crippen MR) is 79.1 cm³/mol. The molecule has 1 N–H and O–H groups in total. The first kappa shape index (κ1) is 14.0. The molecule has 0 saturated carbocycles. The third-order valence-corrected chi connectivity index (χ3v) is 3.58. The number of anilines is 1. The first-order valence-electron chi connectivity index (χ1n) is 7.17. The molecule has 1 aliphatic rings. The fourth-order valence-electron chi connectivity index (χ4n) is 2.32. The van der Waals surface area contributed by atoms with Crippen LogP contribution in [0, 0.1) is 0 Å². The van der Waals surface area contributed by atoms with Gasteiger partial charge in [-0.2, -0.15) is 4.98 Å². The van der Waals surface area contributed by atoms with Crippen molar-refractivity contribution in [3.05, 3.63) is 24.2 Å². The van der Waals surface area contributed by atoms with E-state index in [0.29, 0.717) is 18.3 Å². The lowest BCUT2D eigenvalue weighted by Crippen LogP contribution is -2.22. The summed E-state index contributed by atoms with van der Waals surface area (Å²) in [6.07, 6.45) is 2.24. The van der Waals surface area contributed by atoms with Crippen molar-refractivity contribution in [2.24, 2.45) is 0 Å². The summed E-state index contributed by atoms with van der Waals surface area (Å²) in [6, 6.07) is 3.79. The van der Waals surface area contributed by atoms with Gasteiger partial charge in [-0.3, -0.25) is 0 Å². The fourth-order valence-corrected chi connectivity index (χ4v) is 2.32. The third kappa shape index (κ3) is 2.90. The van der Waals surface area contributed by atoms with Gasteiger partial charge in [0.05, 0.1) is 6.10 Å². The maximum absolute atomic E-state index is 9.63. The van der Waals surface area contributed by atoms with Crippen molar-refractivity contribution in [2.45, 2.75) is 38.7 Å². The second kappa shape index (κ2) is 5.11. The molecule has 6 nitrogen and oxygen atoms in total. The first-order valence-corrected chi connectivity index (χ1v) is 7.17. The van der Waals surface area contributed by atoms with E-state index in [4.69, 9.17) is 4.52 Å². The average Bonchev–Trinajstić information content (AvgIpc) is 3.07. The van der Waals surface area contributed by atoms with E-state index in [1.165, 1.54) is 0 Å². The van der Waals surface area contributed by atoms with Crippen LogP contribution in [-0.4, -0.2) is 39.4 Å². The van der Waals surface area contributed by atoms with Crippen molar-refractivity contribution >= 4 is 5.82 Å². The van der Waals surface area contributed by atoms with Gasteiger partial charge >= 0.3 is 0 Å². The molecule has 0 amide bonds. The van der Waals surface area contributed by atoms with E-state index in [-0.39, 0.29) is 11.5 Å². The molecule has 2 aromatic rings. The number of pyridine rings is 1. The van der Waals surface area contributed by atoms with Crippen LogP contribution in [0.2, 0.25) is 0 Å². The number of aromatic nitrogens is 3. The van der Waals surface area contributed by atoms with Crippen LogP contribution >= 0.6 is 0 Å². The van der Waals surface area contributed by atoms with Gasteiger partial charge in [-0.15, -0.1) is 0 Å². The van der Waals surface area contributed by atoms with Crippen molar-refractivity contribution in [3.63, 3.8) is 0 Å². The molecule has 0 aliphatic carbocycles. The highest BCUT2D eigenvalue weighted by molar-refractivity contribution is 5.59. The van der Waals surface area contributed by atoms with E-state index in [9.17, 15) is 5.11 Å². The molecule has 1 atom stereocenters. The van der Waals surface area contributed by atoms with Crippen molar-refractivity contribution in [2.75, 3.05) is 18.0 Å². The molecule has 1 aliphatic heterocycles. The fraction of sp³-hybridized carbons (Fsp3) is 0.533. The van der Waals surface area contributed by atoms with Crippen LogP contribution in [0.15, 0.2) is 22.9 Å². The molecule has 3 rings (SSSR count). The van der Waals surface area contributed by atoms with Crippen LogP contribution in [0.3, 0.4) is 0 Å². The Morgan fingerprint density at radius 2 is 2.19 bits per heavy atom. The standard InChI is InChI=1S/C15H20N4O2/c1-15(2,3)14-17-13(21-18-14)10-4-6-16-12(8-10)19-7-5-11(20)9-19/h4,6,8,11,20H,5,7,9H2,1-3H3. The lowest BCUT2D eigenvalue weighted by molar-refractivity contribution is 0.198. The molecule has 1 saturated heterocycles. The zero-order valence-corrected chi connectivity index (χ0v) is 12.6. The van der Waals surface area contributed by atoms with E-state index in [1.54, 1.807) is 6.20 Å². The molecular formula is C15H20N4O2. The molecule has 6 heteroatoms. The highest BCUT2D eigenvalue weighted by Gasteiger charge is 2.24. The molecule has 112 valence electrons. The monoisotopic (exact) mass is 288 g/mol. The second-order valence-electron chi connectivity index (χ2n) is 6.46. The van der Waals surface area contributed by atoms with Gasteiger partial charge in [-0.1, -0.05) is 25.9 Å². The minimum atomic E-state index is -0.272. The van der Waals surface area contributed by atoms with E-state index in [1.807, 2.05) is 32.9 Å². The van der Waals surface area contributed by atoms with Crippen LogP contribution in [0.4, 0.5) is 5.82 Å². The van der Waals surface area contributed by atoms with Crippen LogP contribution < -0.4 is 4.90 Å². The molecule has 1 fully saturated rings. The van der Waals surface area contributed by atoms with E-state index in [0.717, 1.165) is 24.3 Å². The number of β-amino-alcohol motifs (C(OH)–C–C–N with tert-alkyl or cyclic N) is 1. The summed E-state index contributed by atoms with van der Waals surface area (Å²) >= 11 is 0. The maximum Gasteiger partial charge on any atom is 0.258 e. The lowest BCUT2D eigenvalue weighted by Gasteiger charge is -2.16. The van der Waals surface area contributed by atoms with E-state index in [2.05, 4.69) is 20.0 Å². The summed E-state index contributed by atoms with van der Waals surface area (Å²) in [4.78, 5) is 10.9. The van der Waals surface area contributed by atoms with Crippen LogP contribution in [0.1, 0.15) is 33.0 Å². The zero-order valence-electron chi connectivity index (χ0n) is 12.6. The van der Waals surface area contributed by atoms with Crippen molar-refractivity contribution in [3.8, 4) is 11.5 Å². The Morgan fingerprint density at radius 3 is 2.81 bits per heavy atom. The van der Waals surface area contributed by atoms with Gasteiger partial charge in [0.15, 0.2) is 5.82 Å². The van der Waals surface area contributed by atoms with Crippen LogP contribution in [-0.2, 0) is 5.41 Å². The molecule has 0 bridgehead atoms. The summed E-state index contributed by atoms with van der Waals surface area (Å²) in [6.45, 7) is 7.57. The van der Waals surface area contributed by atoms with Gasteiger partial charge in [0, 0.05) is 30.3 Å². The molecule has 3 heterocycles. The third-order valence-electron chi connectivity index (χ3n) is 3.58. The first-order chi connectivity index (χ1) is 9.93. The highest BCUT2D eigenvalue weighted by atomic mass is 16.5. The molecule has 2 aromatic heterocycles. The largest absolute Gasteiger partial charge is 0.391 e. The maximum atomic E-state index is 9.63. The molecule has 0 spiro atoms. The summed E-state index contributed by atoms with van der Waals surface area (Å²) in [5.74, 6) is 2.02. The van der Waals surface area contributed by atoms with Crippen molar-refractivity contribution in [1.82, 2.24) is 15.1 Å². The zero-order chi connectivity index (χ0) is 15.0. The molecule has 21 heavy (non-hydrogen) atoms. The predicted octanol–water partition coefficient (Wildman–Crippen LogP) is 2.00. The minimum Gasteiger partial charge on any atom is -0.391 e. The quantitative estimate of drug-likeness (QED) is 0.911. The molecule has 0 aromatic carbocycles. The van der Waals surface area contributed by atoms with Gasteiger partial charge < -0.3 is 14.5 Å². The van der Waals surface area contributed by atoms with Crippen molar-refractivity contribution in [1.29, 1.82) is 0 Å². The van der Waals surface area contributed by atoms with Gasteiger partial charge in [-0.25, -0.2) is 4.98 Å². The Morgan fingerprint density at radius 1 is 1.38 bits per heavy atom. The molecular weight excluding hydrogens is 268 g/mol. The molecule has 0 radical (unpaired) electrons. The number of aliphatic hydroxyl groups excluding tert-OH is 1. The van der Waals surface area contributed by atoms with Crippen LogP contribution in [0.5, 0.6) is 0 Å². The summed E-state index contributed by atoms with van der Waals surface area (Å²) in [7, 11) is 0. The number of nitrogens with zero attached hydrogens (tertiary/aromatic N) is 4. The Hall–Kier alpha value is -1.95. The average molecular weight is 288 g/mol. The lowest BCUT2D eigenvalue weighted by atomic mass is 9.96. The summed E-state index contributed by atoms with van der Waals surface area (Å²) in [5.41, 5.74) is 0.709. The smallest absolute Gasteiger partial charge is 0.258 e. The van der Waals surface area contributed by atoms with Crippen LogP contribution in [0.25, 0.3) is 11.5 Å². The van der Waals surface area contributed by atoms with Gasteiger partial charge in [0.2, 0.25) is 0 Å². The Bertz CT molecular complexity index is 633. The van der Waals surface area contributed by atoms with Gasteiger partial charge in [-0.05, 0) is 18.6 Å². The number of rotatable bonds is 2. The highest BCUT2D eigenvalue weighted by Crippen LogP contribution is 2.26. The number of hydrogen-bond acceptors (Lipinski definition) is 6. The topological polar surface area (TPSA) is 75.3 Å². The molecule has 1 unspecified atom stereocenters. The number of aliphatic hydroxyl groups is 1. The van der Waals surface area contributed by atoms with Gasteiger partial charge in [0.1, 0.15) is 5.82 Å². The van der Waals surface area contributed by atoms with E-state index >= 15 is 0 Å². The SMILES string of the molecule is CC(C)(C)c1noc(-c2ccnc(N3CCC(O)C3)c2)n1. The van der Waals surface area contributed by atoms with Crippen molar-refractivity contribution < 1.29 is 9.63 Å². The second-order valence-corrected chi connectivity index (χ2v) is 6.46. The summed E-state index contributed by atoms with van der Waals surface area (Å²) in [5, 5.41) is 13.7. The normalized spacial score (nSPS) is 19.2. The van der Waals surface area contributed by atoms with E-state index < -0.39 is 0 Å². The summed E-state index contributed by atoms with van der Waals surface area (Å²) < 4.78 is 5.36. The Balaban J connectivity index is 1.88. The Kier molecular flexibility index (Phi) is 3.41. The van der Waals surface area contributed by atoms with Gasteiger partial charge in [0.25, 0.3) is 5.89 Å². The Labute approximate surface area is 123 Å². The number of hydrogen-bond donors (Lipinski definition) is 1.